The highest BCUT2D eigenvalue weighted by molar-refractivity contribution is 9.10. The second-order valence-corrected chi connectivity index (χ2v) is 11.2. The molecule has 0 bridgehead atoms. The first-order chi connectivity index (χ1) is 19.1. The van der Waals surface area contributed by atoms with Crippen LogP contribution in [0.2, 0.25) is 5.02 Å². The zero-order valence-corrected chi connectivity index (χ0v) is 24.4. The van der Waals surface area contributed by atoms with Crippen molar-refractivity contribution in [2.24, 2.45) is 0 Å². The van der Waals surface area contributed by atoms with E-state index >= 15 is 0 Å². The van der Waals surface area contributed by atoms with Crippen LogP contribution in [-0.2, 0) is 15.7 Å². The Kier molecular flexibility index (Phi) is 9.50. The highest BCUT2D eigenvalue weighted by Crippen LogP contribution is 2.36. The molecule has 0 aliphatic carbocycles. The molecule has 4 rings (SSSR count). The zero-order chi connectivity index (χ0) is 29.0. The molecule has 0 saturated heterocycles. The van der Waals surface area contributed by atoms with Crippen molar-refractivity contribution < 1.29 is 26.9 Å². The Morgan fingerprint density at radius 3 is 2.33 bits per heavy atom. The van der Waals surface area contributed by atoms with Crippen molar-refractivity contribution in [3.63, 3.8) is 0 Å². The van der Waals surface area contributed by atoms with Gasteiger partial charge in [0.1, 0.15) is 5.82 Å². The van der Waals surface area contributed by atoms with Crippen molar-refractivity contribution in [2.45, 2.75) is 18.2 Å². The van der Waals surface area contributed by atoms with Crippen molar-refractivity contribution in [2.75, 3.05) is 7.11 Å². The van der Waals surface area contributed by atoms with Gasteiger partial charge in [0.15, 0.2) is 11.0 Å². The summed E-state index contributed by atoms with van der Waals surface area (Å²) in [6, 6.07) is 21.2. The van der Waals surface area contributed by atoms with E-state index in [4.69, 9.17) is 16.3 Å². The number of aryl methyl sites for hydroxylation is 1. The lowest BCUT2D eigenvalue weighted by molar-refractivity contribution is 0.0600. The number of carbonyl (C=O) groups is 1. The normalized spacial score (nSPS) is 11.7. The fraction of sp³-hybridized carbons (Fsp3) is 0.100. The Labute approximate surface area is 245 Å². The summed E-state index contributed by atoms with van der Waals surface area (Å²) in [5, 5.41) is 0.323. The van der Waals surface area contributed by atoms with Crippen molar-refractivity contribution in [3.8, 4) is 22.4 Å². The molecule has 0 fully saturated rings. The van der Waals surface area contributed by atoms with Crippen molar-refractivity contribution in [1.29, 1.82) is 0 Å². The molecule has 0 amide bonds. The molecule has 10 heteroatoms. The molecule has 0 spiro atoms. The molecule has 0 saturated carbocycles. The number of nitrogens with zero attached hydrogens (tertiary/aromatic N) is 1. The van der Waals surface area contributed by atoms with Gasteiger partial charge in [0.2, 0.25) is 0 Å². The zero-order valence-electron chi connectivity index (χ0n) is 21.2. The number of halogens is 5. The molecule has 3 aromatic carbocycles. The molecular formula is C30H22BrClF3NO3S. The minimum atomic E-state index is -2.66. The molecule has 0 N–H and O–H groups in total. The number of esters is 1. The monoisotopic (exact) mass is 647 g/mol. The number of rotatable bonds is 6. The van der Waals surface area contributed by atoms with Crippen LogP contribution < -0.4 is 0 Å². The molecule has 1 heterocycles. The van der Waals surface area contributed by atoms with Gasteiger partial charge in [-0.15, -0.1) is 0 Å². The maximum absolute atomic E-state index is 14.5. The lowest BCUT2D eigenvalue weighted by atomic mass is 10.00. The molecular weight excluding hydrogens is 627 g/mol. The second kappa shape index (κ2) is 12.8. The van der Waals surface area contributed by atoms with Gasteiger partial charge in [-0.2, -0.15) is 0 Å². The third-order valence-corrected chi connectivity index (χ3v) is 8.61. The van der Waals surface area contributed by atoms with Crippen LogP contribution >= 0.6 is 27.5 Å². The summed E-state index contributed by atoms with van der Waals surface area (Å²) in [6.07, 6.45) is -1.20. The lowest BCUT2D eigenvalue weighted by Gasteiger charge is -2.16. The van der Waals surface area contributed by atoms with Gasteiger partial charge in [0.05, 0.1) is 23.3 Å². The molecule has 40 heavy (non-hydrogen) atoms. The van der Waals surface area contributed by atoms with Crippen LogP contribution in [0.1, 0.15) is 27.9 Å². The highest BCUT2D eigenvalue weighted by atomic mass is 79.9. The average Bonchev–Trinajstić information content (AvgIpc) is 3.00. The van der Waals surface area contributed by atoms with Crippen molar-refractivity contribution >= 4 is 44.5 Å². The molecule has 0 radical (unpaired) electrons. The van der Waals surface area contributed by atoms with Crippen molar-refractivity contribution in [3.05, 3.63) is 123 Å². The van der Waals surface area contributed by atoms with Crippen molar-refractivity contribution in [1.82, 2.24) is 3.97 Å². The fourth-order valence-corrected chi connectivity index (χ4v) is 6.03. The first kappa shape index (κ1) is 29.6. The smallest absolute Gasteiger partial charge is 0.337 e. The van der Waals surface area contributed by atoms with Gasteiger partial charge in [0, 0.05) is 32.4 Å². The number of ether oxygens (including phenoxy) is 1. The van der Waals surface area contributed by atoms with E-state index < -0.39 is 29.2 Å². The van der Waals surface area contributed by atoms with E-state index in [1.54, 1.807) is 31.2 Å². The number of methoxy groups -OCH3 is 1. The molecule has 4 nitrogen and oxygen atoms in total. The Hall–Kier alpha value is -3.40. The van der Waals surface area contributed by atoms with E-state index in [0.29, 0.717) is 43.0 Å². The van der Waals surface area contributed by atoms with Gasteiger partial charge in [-0.25, -0.2) is 22.2 Å². The van der Waals surface area contributed by atoms with Gasteiger partial charge in [-0.1, -0.05) is 48.0 Å². The van der Waals surface area contributed by atoms with E-state index in [-0.39, 0.29) is 10.5 Å². The van der Waals surface area contributed by atoms with E-state index in [9.17, 15) is 22.2 Å². The van der Waals surface area contributed by atoms with Crippen LogP contribution in [0.4, 0.5) is 13.2 Å². The SMILES string of the molecule is COC(=O)c1ccc(-c2cccc(-c3c(Br)c(C)cc(F)cccn3S(=O)c3ccc(C(F)F)cc3)c2)c(Cl)c1. The minimum absolute atomic E-state index is 0.190. The molecule has 1 atom stereocenters. The van der Waals surface area contributed by atoms with Gasteiger partial charge >= 0.3 is 5.97 Å². The molecule has 1 unspecified atom stereocenters. The third-order valence-electron chi connectivity index (χ3n) is 5.96. The summed E-state index contributed by atoms with van der Waals surface area (Å²) < 4.78 is 61.2. The number of alkyl halides is 2. The quantitative estimate of drug-likeness (QED) is 0.196. The summed E-state index contributed by atoms with van der Waals surface area (Å²) >= 11 is 10.1. The van der Waals surface area contributed by atoms with E-state index in [0.717, 1.165) is 0 Å². The number of benzene rings is 3. The van der Waals surface area contributed by atoms with Crippen LogP contribution in [0.25, 0.3) is 22.4 Å². The number of hydrogen-bond acceptors (Lipinski definition) is 3. The summed E-state index contributed by atoms with van der Waals surface area (Å²) in [5.41, 5.74) is 3.02. The molecule has 0 aliphatic rings. The maximum Gasteiger partial charge on any atom is 0.337 e. The fourth-order valence-electron chi connectivity index (χ4n) is 3.95. The standard InChI is InChI=1S/C30H22BrClF3NO3S/c1-18-15-23(33)7-4-14-36(40(38)24-11-8-19(9-12-24)29(34)35)28(27(18)31)21-6-3-5-20(16-21)25-13-10-22(17-26(25)32)30(37)39-2/h3-17,29H,1-2H3. The van der Waals surface area contributed by atoms with Gasteiger partial charge in [-0.05, 0) is 82.5 Å². The van der Waals surface area contributed by atoms with Crippen LogP contribution in [0.15, 0.2) is 100 Å². The van der Waals surface area contributed by atoms with Gasteiger partial charge < -0.3 is 4.74 Å². The number of aromatic nitrogens is 1. The molecule has 206 valence electrons. The Balaban J connectivity index is 1.94. The lowest BCUT2D eigenvalue weighted by Crippen LogP contribution is -2.08. The number of carbonyl (C=O) groups excluding carboxylic acids is 1. The summed E-state index contributed by atoms with van der Waals surface area (Å²) in [5.74, 6) is -1.03. The topological polar surface area (TPSA) is 48.3 Å². The summed E-state index contributed by atoms with van der Waals surface area (Å²) in [7, 11) is -0.620. The Bertz CT molecular complexity index is 1660. The first-order valence-electron chi connectivity index (χ1n) is 11.8. The Morgan fingerprint density at radius 2 is 1.68 bits per heavy atom. The second-order valence-electron chi connectivity index (χ2n) is 8.59. The number of hydrogen-bond donors (Lipinski definition) is 0. The van der Waals surface area contributed by atoms with E-state index in [1.165, 1.54) is 65.8 Å². The summed E-state index contributed by atoms with van der Waals surface area (Å²) in [6.45, 7) is 1.70. The highest BCUT2D eigenvalue weighted by Gasteiger charge is 2.17. The van der Waals surface area contributed by atoms with Gasteiger partial charge in [-0.3, -0.25) is 3.97 Å². The minimum Gasteiger partial charge on any atom is -0.465 e. The van der Waals surface area contributed by atoms with Crippen LogP contribution in [0, 0.1) is 12.7 Å². The molecule has 0 aliphatic heterocycles. The first-order valence-corrected chi connectivity index (χ1v) is 14.1. The molecule has 1 aromatic heterocycles. The third kappa shape index (κ3) is 6.49. The predicted molar refractivity (Wildman–Crippen MR) is 155 cm³/mol. The predicted octanol–water partition coefficient (Wildman–Crippen LogP) is 9.11. The molecule has 4 aromatic rings. The average molecular weight is 649 g/mol. The largest absolute Gasteiger partial charge is 0.465 e. The van der Waals surface area contributed by atoms with Crippen LogP contribution in [-0.4, -0.2) is 21.3 Å². The summed E-state index contributed by atoms with van der Waals surface area (Å²) in [4.78, 5) is 12.2. The van der Waals surface area contributed by atoms with E-state index in [1.807, 2.05) is 12.1 Å². The van der Waals surface area contributed by atoms with Crippen LogP contribution in [0.5, 0.6) is 0 Å². The Morgan fingerprint density at radius 1 is 0.975 bits per heavy atom. The van der Waals surface area contributed by atoms with Gasteiger partial charge in [0.25, 0.3) is 6.43 Å². The van der Waals surface area contributed by atoms with Crippen LogP contribution in [0.3, 0.4) is 0 Å². The maximum atomic E-state index is 14.5. The van der Waals surface area contributed by atoms with E-state index in [2.05, 4.69) is 15.9 Å².